The van der Waals surface area contributed by atoms with E-state index in [-0.39, 0.29) is 16.9 Å². The van der Waals surface area contributed by atoms with Crippen LogP contribution in [0.3, 0.4) is 0 Å². The van der Waals surface area contributed by atoms with Crippen molar-refractivity contribution in [2.45, 2.75) is 57.9 Å². The van der Waals surface area contributed by atoms with Gasteiger partial charge in [-0.15, -0.1) is 0 Å². The maximum atomic E-state index is 12.1. The molecule has 1 atom stereocenters. The molecule has 1 aliphatic rings. The second-order valence-electron chi connectivity index (χ2n) is 6.52. The molecule has 0 aliphatic heterocycles. The summed E-state index contributed by atoms with van der Waals surface area (Å²) in [5, 5.41) is 3.58. The second-order valence-corrected chi connectivity index (χ2v) is 6.52. The minimum atomic E-state index is -0.285. The number of nitrogens with one attached hydrogen (secondary N) is 1. The molecule has 3 nitrogen and oxygen atoms in total. The van der Waals surface area contributed by atoms with Crippen molar-refractivity contribution in [2.75, 3.05) is 13.2 Å². The van der Waals surface area contributed by atoms with Crippen LogP contribution >= 0.6 is 0 Å². The molecule has 0 bridgehead atoms. The highest BCUT2D eigenvalue weighted by Crippen LogP contribution is 2.46. The number of carbonyl (C=O) groups excluding carboxylic acids is 1. The molecule has 1 aliphatic carbocycles. The number of esters is 1. The Kier molecular flexibility index (Phi) is 4.72. The molecule has 0 saturated heterocycles. The van der Waals surface area contributed by atoms with Crippen molar-refractivity contribution in [3.63, 3.8) is 0 Å². The van der Waals surface area contributed by atoms with Crippen molar-refractivity contribution in [2.24, 2.45) is 0 Å². The van der Waals surface area contributed by atoms with Gasteiger partial charge in [0, 0.05) is 0 Å². The average Bonchev–Trinajstić information content (AvgIpc) is 2.44. The highest BCUT2D eigenvalue weighted by Gasteiger charge is 2.43. The van der Waals surface area contributed by atoms with E-state index in [2.05, 4.69) is 50.4 Å². The Morgan fingerprint density at radius 3 is 2.48 bits per heavy atom. The monoisotopic (exact) mass is 289 g/mol. The molecule has 0 spiro atoms. The molecule has 0 amide bonds. The summed E-state index contributed by atoms with van der Waals surface area (Å²) in [7, 11) is 0. The van der Waals surface area contributed by atoms with Crippen molar-refractivity contribution in [3.05, 3.63) is 35.4 Å². The van der Waals surface area contributed by atoms with Crippen LogP contribution in [0, 0.1) is 0 Å². The second kappa shape index (κ2) is 6.18. The predicted octanol–water partition coefficient (Wildman–Crippen LogP) is 3.52. The van der Waals surface area contributed by atoms with Crippen molar-refractivity contribution < 1.29 is 9.53 Å². The predicted molar refractivity (Wildman–Crippen MR) is 85.3 cm³/mol. The van der Waals surface area contributed by atoms with E-state index < -0.39 is 0 Å². The van der Waals surface area contributed by atoms with Crippen molar-refractivity contribution in [1.82, 2.24) is 5.32 Å². The summed E-state index contributed by atoms with van der Waals surface area (Å²) in [4.78, 5) is 12.1. The third-order valence-corrected chi connectivity index (χ3v) is 4.62. The van der Waals surface area contributed by atoms with Gasteiger partial charge < -0.3 is 10.1 Å². The zero-order valence-corrected chi connectivity index (χ0v) is 13.7. The maximum Gasteiger partial charge on any atom is 0.308 e. The van der Waals surface area contributed by atoms with Gasteiger partial charge in [0.05, 0.1) is 18.6 Å². The minimum Gasteiger partial charge on any atom is -0.466 e. The molecule has 1 aromatic carbocycles. The van der Waals surface area contributed by atoms with Gasteiger partial charge in [-0.2, -0.15) is 0 Å². The first-order valence-electron chi connectivity index (χ1n) is 7.96. The molecule has 0 heterocycles. The van der Waals surface area contributed by atoms with Crippen LogP contribution in [0.2, 0.25) is 0 Å². The first kappa shape index (κ1) is 16.0. The van der Waals surface area contributed by atoms with Crippen molar-refractivity contribution in [1.29, 1.82) is 0 Å². The first-order chi connectivity index (χ1) is 9.95. The zero-order chi connectivity index (χ0) is 15.5. The summed E-state index contributed by atoms with van der Waals surface area (Å²) in [5.41, 5.74) is 2.48. The Hall–Kier alpha value is -1.35. The largest absolute Gasteiger partial charge is 0.466 e. The van der Waals surface area contributed by atoms with E-state index >= 15 is 0 Å². The van der Waals surface area contributed by atoms with Crippen LogP contribution < -0.4 is 5.32 Å². The number of hydrogen-bond donors (Lipinski definition) is 1. The third kappa shape index (κ3) is 3.13. The Balaban J connectivity index is 2.44. The van der Waals surface area contributed by atoms with Crippen LogP contribution in [0.4, 0.5) is 0 Å². The van der Waals surface area contributed by atoms with E-state index in [1.54, 1.807) is 0 Å². The summed E-state index contributed by atoms with van der Waals surface area (Å²) < 4.78 is 5.20. The first-order valence-corrected chi connectivity index (χ1v) is 7.96. The molecule has 3 heteroatoms. The lowest BCUT2D eigenvalue weighted by atomic mass is 9.64. The SMILES string of the molecule is CCNC1(CC(=O)OCC)CCC(C)(C)c2ccccc21. The Morgan fingerprint density at radius 1 is 1.19 bits per heavy atom. The zero-order valence-electron chi connectivity index (χ0n) is 13.7. The number of rotatable bonds is 5. The molecule has 1 N–H and O–H groups in total. The molecule has 0 fully saturated rings. The fourth-order valence-corrected chi connectivity index (χ4v) is 3.51. The summed E-state index contributed by atoms with van der Waals surface area (Å²) >= 11 is 0. The van der Waals surface area contributed by atoms with Gasteiger partial charge in [0.1, 0.15) is 0 Å². The van der Waals surface area contributed by atoms with Crippen molar-refractivity contribution >= 4 is 5.97 Å². The van der Waals surface area contributed by atoms with Crippen LogP contribution in [-0.2, 0) is 20.5 Å². The number of fused-ring (bicyclic) bond motifs is 1. The Bertz CT molecular complexity index is 510. The molecular formula is C18H27NO2. The van der Waals surface area contributed by atoms with E-state index in [0.717, 1.165) is 19.4 Å². The highest BCUT2D eigenvalue weighted by atomic mass is 16.5. The average molecular weight is 289 g/mol. The summed E-state index contributed by atoms with van der Waals surface area (Å²) in [6.45, 7) is 9.80. The van der Waals surface area contributed by atoms with Gasteiger partial charge in [0.2, 0.25) is 0 Å². The Morgan fingerprint density at radius 2 is 1.86 bits per heavy atom. The van der Waals surface area contributed by atoms with Crippen LogP contribution in [0.5, 0.6) is 0 Å². The van der Waals surface area contributed by atoms with Gasteiger partial charge in [-0.3, -0.25) is 4.79 Å². The van der Waals surface area contributed by atoms with Gasteiger partial charge >= 0.3 is 5.97 Å². The van der Waals surface area contributed by atoms with Crippen LogP contribution in [0.1, 0.15) is 58.1 Å². The van der Waals surface area contributed by atoms with E-state index in [1.165, 1.54) is 11.1 Å². The van der Waals surface area contributed by atoms with Gasteiger partial charge in [-0.05, 0) is 42.9 Å². The molecule has 2 rings (SSSR count). The molecule has 1 unspecified atom stereocenters. The minimum absolute atomic E-state index is 0.118. The lowest BCUT2D eigenvalue weighted by molar-refractivity contribution is -0.145. The van der Waals surface area contributed by atoms with Crippen LogP contribution in [0.25, 0.3) is 0 Å². The molecule has 0 saturated carbocycles. The van der Waals surface area contributed by atoms with E-state index in [9.17, 15) is 4.79 Å². The quantitative estimate of drug-likeness (QED) is 0.843. The standard InChI is InChI=1S/C18H27NO2/c1-5-19-18(13-16(20)21-6-2)12-11-17(3,4)14-9-7-8-10-15(14)18/h7-10,19H,5-6,11-13H2,1-4H3. The molecular weight excluding hydrogens is 262 g/mol. The van der Waals surface area contributed by atoms with Gasteiger partial charge in [-0.25, -0.2) is 0 Å². The number of hydrogen-bond acceptors (Lipinski definition) is 3. The van der Waals surface area contributed by atoms with Gasteiger partial charge in [0.15, 0.2) is 0 Å². The van der Waals surface area contributed by atoms with Gasteiger partial charge in [-0.1, -0.05) is 45.0 Å². The maximum absolute atomic E-state index is 12.1. The normalized spacial score (nSPS) is 23.4. The van der Waals surface area contributed by atoms with Gasteiger partial charge in [0.25, 0.3) is 0 Å². The molecule has 116 valence electrons. The van der Waals surface area contributed by atoms with Crippen molar-refractivity contribution in [3.8, 4) is 0 Å². The summed E-state index contributed by atoms with van der Waals surface area (Å²) in [5.74, 6) is -0.118. The smallest absolute Gasteiger partial charge is 0.308 e. The number of carbonyl (C=O) groups is 1. The molecule has 0 radical (unpaired) electrons. The number of benzene rings is 1. The van der Waals surface area contributed by atoms with E-state index in [4.69, 9.17) is 4.74 Å². The molecule has 0 aromatic heterocycles. The third-order valence-electron chi connectivity index (χ3n) is 4.62. The topological polar surface area (TPSA) is 38.3 Å². The lowest BCUT2D eigenvalue weighted by Gasteiger charge is -2.45. The van der Waals surface area contributed by atoms with Crippen LogP contribution in [-0.4, -0.2) is 19.1 Å². The summed E-state index contributed by atoms with van der Waals surface area (Å²) in [6, 6.07) is 8.52. The fraction of sp³-hybridized carbons (Fsp3) is 0.611. The van der Waals surface area contributed by atoms with E-state index in [1.807, 2.05) is 6.92 Å². The van der Waals surface area contributed by atoms with Crippen LogP contribution in [0.15, 0.2) is 24.3 Å². The molecule has 1 aromatic rings. The van der Waals surface area contributed by atoms with E-state index in [0.29, 0.717) is 13.0 Å². The Labute approximate surface area is 128 Å². The highest BCUT2D eigenvalue weighted by molar-refractivity contribution is 5.72. The fourth-order valence-electron chi connectivity index (χ4n) is 3.51. The number of ether oxygens (including phenoxy) is 1. The lowest BCUT2D eigenvalue weighted by Crippen LogP contribution is -2.49. The molecule has 21 heavy (non-hydrogen) atoms. The summed E-state index contributed by atoms with van der Waals surface area (Å²) in [6.07, 6.45) is 2.43.